The first-order valence-electron chi connectivity index (χ1n) is 6.81. The minimum atomic E-state index is -0.0655. The van der Waals surface area contributed by atoms with E-state index in [0.717, 1.165) is 21.5 Å². The molecule has 0 saturated carbocycles. The highest BCUT2D eigenvalue weighted by atomic mass is 79.9. The van der Waals surface area contributed by atoms with Crippen molar-refractivity contribution < 1.29 is 4.74 Å². The van der Waals surface area contributed by atoms with Gasteiger partial charge >= 0.3 is 0 Å². The zero-order valence-electron chi connectivity index (χ0n) is 12.1. The van der Waals surface area contributed by atoms with Gasteiger partial charge in [0, 0.05) is 16.1 Å². The molecule has 0 spiro atoms. The number of para-hydroxylation sites is 1. The molecule has 0 radical (unpaired) electrons. The van der Waals surface area contributed by atoms with Crippen molar-refractivity contribution in [2.45, 2.75) is 32.7 Å². The lowest BCUT2D eigenvalue weighted by molar-refractivity contribution is 0.463. The van der Waals surface area contributed by atoms with Crippen LogP contribution in [0.2, 0.25) is 0 Å². The largest absolute Gasteiger partial charge is 0.457 e. The molecule has 0 aromatic heterocycles. The summed E-state index contributed by atoms with van der Waals surface area (Å²) >= 11 is 3.49. The molecule has 0 fully saturated rings. The van der Waals surface area contributed by atoms with E-state index < -0.39 is 0 Å². The molecular weight excluding hydrogens is 314 g/mol. The molecule has 3 heteroatoms. The second kappa shape index (κ2) is 6.42. The molecule has 2 aromatic carbocycles. The average molecular weight is 334 g/mol. The maximum atomic E-state index is 6.13. The van der Waals surface area contributed by atoms with Gasteiger partial charge in [0.05, 0.1) is 0 Å². The summed E-state index contributed by atoms with van der Waals surface area (Å²) in [4.78, 5) is 0. The van der Waals surface area contributed by atoms with E-state index in [1.165, 1.54) is 5.56 Å². The fourth-order valence-electron chi connectivity index (χ4n) is 2.14. The Labute approximate surface area is 129 Å². The number of ether oxygens (including phenoxy) is 1. The van der Waals surface area contributed by atoms with Crippen LogP contribution in [-0.4, -0.2) is 0 Å². The summed E-state index contributed by atoms with van der Waals surface area (Å²) in [6.07, 6.45) is 0. The Balaban J connectivity index is 2.42. The summed E-state index contributed by atoms with van der Waals surface area (Å²) in [6, 6.07) is 14.0. The topological polar surface area (TPSA) is 35.2 Å². The van der Waals surface area contributed by atoms with Gasteiger partial charge in [0.15, 0.2) is 0 Å². The van der Waals surface area contributed by atoms with Crippen LogP contribution in [0.15, 0.2) is 46.9 Å². The molecule has 1 unspecified atom stereocenters. The smallest absolute Gasteiger partial charge is 0.133 e. The summed E-state index contributed by atoms with van der Waals surface area (Å²) in [5.41, 5.74) is 8.22. The maximum absolute atomic E-state index is 6.13. The van der Waals surface area contributed by atoms with E-state index in [9.17, 15) is 0 Å². The summed E-state index contributed by atoms with van der Waals surface area (Å²) in [7, 11) is 0. The van der Waals surface area contributed by atoms with E-state index in [1.54, 1.807) is 0 Å². The predicted molar refractivity (Wildman–Crippen MR) is 87.3 cm³/mol. The Morgan fingerprint density at radius 2 is 1.65 bits per heavy atom. The Kier molecular flexibility index (Phi) is 4.84. The Bertz CT molecular complexity index is 593. The molecule has 0 amide bonds. The van der Waals surface area contributed by atoms with Gasteiger partial charge in [-0.25, -0.2) is 0 Å². The van der Waals surface area contributed by atoms with Gasteiger partial charge < -0.3 is 10.5 Å². The zero-order chi connectivity index (χ0) is 14.7. The van der Waals surface area contributed by atoms with Crippen LogP contribution >= 0.6 is 15.9 Å². The third-order valence-electron chi connectivity index (χ3n) is 3.23. The summed E-state index contributed by atoms with van der Waals surface area (Å²) < 4.78 is 7.12. The second-order valence-corrected chi connectivity index (χ2v) is 6.18. The van der Waals surface area contributed by atoms with E-state index >= 15 is 0 Å². The van der Waals surface area contributed by atoms with Crippen LogP contribution in [0.5, 0.6) is 11.5 Å². The first-order valence-corrected chi connectivity index (χ1v) is 7.60. The van der Waals surface area contributed by atoms with Crippen LogP contribution in [0.4, 0.5) is 0 Å². The van der Waals surface area contributed by atoms with Crippen molar-refractivity contribution in [3.63, 3.8) is 0 Å². The third kappa shape index (κ3) is 3.41. The van der Waals surface area contributed by atoms with Crippen molar-refractivity contribution in [1.29, 1.82) is 0 Å². The van der Waals surface area contributed by atoms with E-state index in [1.807, 2.05) is 43.3 Å². The number of halogens is 1. The molecule has 2 N–H and O–H groups in total. The van der Waals surface area contributed by atoms with Gasteiger partial charge in [-0.15, -0.1) is 0 Å². The molecule has 0 aliphatic carbocycles. The minimum absolute atomic E-state index is 0.0655. The fraction of sp³-hybridized carbons (Fsp3) is 0.294. The monoisotopic (exact) mass is 333 g/mol. The molecule has 2 nitrogen and oxygen atoms in total. The van der Waals surface area contributed by atoms with Crippen LogP contribution in [0.25, 0.3) is 0 Å². The summed E-state index contributed by atoms with van der Waals surface area (Å²) in [5.74, 6) is 2.11. The molecule has 2 rings (SSSR count). The number of benzene rings is 2. The molecule has 0 aliphatic heterocycles. The van der Waals surface area contributed by atoms with Crippen molar-refractivity contribution in [2.75, 3.05) is 0 Å². The molecule has 0 aliphatic rings. The summed E-state index contributed by atoms with van der Waals surface area (Å²) in [5, 5.41) is 0. The number of nitrogens with two attached hydrogens (primary N) is 1. The fourth-order valence-corrected chi connectivity index (χ4v) is 2.48. The van der Waals surface area contributed by atoms with Gasteiger partial charge in [-0.2, -0.15) is 0 Å². The van der Waals surface area contributed by atoms with Crippen molar-refractivity contribution in [2.24, 2.45) is 5.73 Å². The van der Waals surface area contributed by atoms with E-state index in [0.29, 0.717) is 5.92 Å². The van der Waals surface area contributed by atoms with Gasteiger partial charge in [0.2, 0.25) is 0 Å². The Hall–Kier alpha value is -1.32. The van der Waals surface area contributed by atoms with Crippen molar-refractivity contribution in [1.82, 2.24) is 0 Å². The Morgan fingerprint density at radius 3 is 2.30 bits per heavy atom. The standard InChI is InChI=1S/C17H20BrNO/c1-11(2)14-6-4-5-7-16(14)20-17-10-13(18)8-9-15(17)12(3)19/h4-12H,19H2,1-3H3. The highest BCUT2D eigenvalue weighted by Gasteiger charge is 2.13. The molecule has 0 saturated heterocycles. The van der Waals surface area contributed by atoms with Gasteiger partial charge in [-0.3, -0.25) is 0 Å². The normalized spacial score (nSPS) is 12.5. The molecule has 2 aromatic rings. The molecule has 20 heavy (non-hydrogen) atoms. The third-order valence-corrected chi connectivity index (χ3v) is 3.72. The highest BCUT2D eigenvalue weighted by molar-refractivity contribution is 9.10. The lowest BCUT2D eigenvalue weighted by Crippen LogP contribution is -2.07. The average Bonchev–Trinajstić information content (AvgIpc) is 2.38. The van der Waals surface area contributed by atoms with Crippen molar-refractivity contribution >= 4 is 15.9 Å². The molecule has 106 valence electrons. The van der Waals surface area contributed by atoms with Crippen LogP contribution in [0.1, 0.15) is 43.9 Å². The zero-order valence-corrected chi connectivity index (χ0v) is 13.6. The Morgan fingerprint density at radius 1 is 0.950 bits per heavy atom. The number of rotatable bonds is 4. The van der Waals surface area contributed by atoms with E-state index in [-0.39, 0.29) is 6.04 Å². The lowest BCUT2D eigenvalue weighted by Gasteiger charge is -2.17. The quantitative estimate of drug-likeness (QED) is 0.814. The lowest BCUT2D eigenvalue weighted by atomic mass is 10.0. The molecule has 0 bridgehead atoms. The van der Waals surface area contributed by atoms with Crippen LogP contribution in [-0.2, 0) is 0 Å². The van der Waals surface area contributed by atoms with Crippen LogP contribution in [0.3, 0.4) is 0 Å². The van der Waals surface area contributed by atoms with Gasteiger partial charge in [-0.05, 0) is 36.6 Å². The van der Waals surface area contributed by atoms with Crippen LogP contribution in [0, 0.1) is 0 Å². The minimum Gasteiger partial charge on any atom is -0.457 e. The van der Waals surface area contributed by atoms with E-state index in [4.69, 9.17) is 10.5 Å². The highest BCUT2D eigenvalue weighted by Crippen LogP contribution is 2.35. The van der Waals surface area contributed by atoms with Crippen molar-refractivity contribution in [3.8, 4) is 11.5 Å². The summed E-state index contributed by atoms with van der Waals surface area (Å²) in [6.45, 7) is 6.29. The molecule has 0 heterocycles. The number of hydrogen-bond donors (Lipinski definition) is 1. The van der Waals surface area contributed by atoms with Crippen molar-refractivity contribution in [3.05, 3.63) is 58.1 Å². The van der Waals surface area contributed by atoms with Gasteiger partial charge in [0.1, 0.15) is 11.5 Å². The second-order valence-electron chi connectivity index (χ2n) is 5.27. The molecular formula is C17H20BrNO. The number of hydrogen-bond acceptors (Lipinski definition) is 2. The first-order chi connectivity index (χ1) is 9.49. The van der Waals surface area contributed by atoms with Gasteiger partial charge in [-0.1, -0.05) is 54.0 Å². The maximum Gasteiger partial charge on any atom is 0.133 e. The SMILES string of the molecule is CC(C)c1ccccc1Oc1cc(Br)ccc1C(C)N. The molecule has 1 atom stereocenters. The van der Waals surface area contributed by atoms with E-state index in [2.05, 4.69) is 35.8 Å². The first kappa shape index (κ1) is 15.1. The van der Waals surface area contributed by atoms with Crippen LogP contribution < -0.4 is 10.5 Å². The predicted octanol–water partition coefficient (Wildman–Crippen LogP) is 5.38. The van der Waals surface area contributed by atoms with Gasteiger partial charge in [0.25, 0.3) is 0 Å².